The number of benzene rings is 2. The number of rotatable bonds is 2. The number of nitrogens with one attached hydrogen (secondary N) is 1. The van der Waals surface area contributed by atoms with Gasteiger partial charge in [0.15, 0.2) is 0 Å². The lowest BCUT2D eigenvalue weighted by atomic mass is 10.1. The van der Waals surface area contributed by atoms with Crippen LogP contribution in [0.1, 0.15) is 15.9 Å². The normalized spacial score (nSPS) is 10.2. The van der Waals surface area contributed by atoms with Crippen LogP contribution in [0.3, 0.4) is 0 Å². The Kier molecular flexibility index (Phi) is 3.37. The van der Waals surface area contributed by atoms with Crippen LogP contribution >= 0.6 is 0 Å². The summed E-state index contributed by atoms with van der Waals surface area (Å²) in [5.41, 5.74) is 6.75. The van der Waals surface area contributed by atoms with E-state index < -0.39 is 11.7 Å². The third-order valence-corrected chi connectivity index (χ3v) is 2.70. The molecule has 4 N–H and O–H groups in total. The molecule has 0 saturated heterocycles. The highest BCUT2D eigenvalue weighted by Gasteiger charge is 2.12. The van der Waals surface area contributed by atoms with Gasteiger partial charge >= 0.3 is 0 Å². The van der Waals surface area contributed by atoms with Crippen molar-refractivity contribution in [3.8, 4) is 5.75 Å². The fraction of sp³-hybridized carbons (Fsp3) is 0.0714. The lowest BCUT2D eigenvalue weighted by molar-refractivity contribution is 0.102. The first-order chi connectivity index (χ1) is 8.97. The fourth-order valence-corrected chi connectivity index (χ4v) is 1.72. The Morgan fingerprint density at radius 2 is 2.00 bits per heavy atom. The maximum Gasteiger partial charge on any atom is 0.256 e. The summed E-state index contributed by atoms with van der Waals surface area (Å²) in [5.74, 6) is -0.960. The van der Waals surface area contributed by atoms with Crippen molar-refractivity contribution in [3.05, 3.63) is 53.3 Å². The van der Waals surface area contributed by atoms with E-state index in [0.717, 1.165) is 6.07 Å². The molecule has 0 aliphatic carbocycles. The summed E-state index contributed by atoms with van der Waals surface area (Å²) in [6, 6.07) is 8.39. The number of hydrogen-bond acceptors (Lipinski definition) is 3. The molecular weight excluding hydrogens is 247 g/mol. The molecule has 0 saturated carbocycles. The van der Waals surface area contributed by atoms with Crippen LogP contribution < -0.4 is 11.1 Å². The van der Waals surface area contributed by atoms with Gasteiger partial charge in [0.25, 0.3) is 5.91 Å². The quantitative estimate of drug-likeness (QED) is 0.727. The maximum atomic E-state index is 13.6. The van der Waals surface area contributed by atoms with Gasteiger partial charge in [-0.3, -0.25) is 4.79 Å². The molecule has 2 aromatic rings. The van der Waals surface area contributed by atoms with Crippen molar-refractivity contribution in [2.45, 2.75) is 6.92 Å². The average molecular weight is 260 g/mol. The van der Waals surface area contributed by atoms with E-state index in [1.807, 2.05) is 0 Å². The van der Waals surface area contributed by atoms with Gasteiger partial charge in [-0.25, -0.2) is 4.39 Å². The van der Waals surface area contributed by atoms with Gasteiger partial charge in [0.2, 0.25) is 0 Å². The van der Waals surface area contributed by atoms with E-state index in [9.17, 15) is 14.3 Å². The van der Waals surface area contributed by atoms with Crippen LogP contribution in [-0.4, -0.2) is 11.0 Å². The molecule has 0 aromatic heterocycles. The minimum absolute atomic E-state index is 0.0617. The largest absolute Gasteiger partial charge is 0.508 e. The number of nitrogens with two attached hydrogens (primary N) is 1. The van der Waals surface area contributed by atoms with Crippen molar-refractivity contribution >= 4 is 17.3 Å². The first kappa shape index (κ1) is 12.9. The van der Waals surface area contributed by atoms with Crippen molar-refractivity contribution in [2.24, 2.45) is 0 Å². The number of aryl methyl sites for hydroxylation is 1. The zero-order valence-electron chi connectivity index (χ0n) is 10.3. The van der Waals surface area contributed by atoms with Crippen LogP contribution in [0.25, 0.3) is 0 Å². The van der Waals surface area contributed by atoms with Crippen LogP contribution in [0.2, 0.25) is 0 Å². The number of amides is 1. The third kappa shape index (κ3) is 2.82. The summed E-state index contributed by atoms with van der Waals surface area (Å²) in [4.78, 5) is 12.0. The number of phenolic OH excluding ortho intramolecular Hbond substituents is 1. The van der Waals surface area contributed by atoms with Crippen LogP contribution in [-0.2, 0) is 0 Å². The zero-order chi connectivity index (χ0) is 14.0. The number of anilines is 2. The third-order valence-electron chi connectivity index (χ3n) is 2.70. The summed E-state index contributed by atoms with van der Waals surface area (Å²) in [5, 5.41) is 11.7. The predicted molar refractivity (Wildman–Crippen MR) is 71.6 cm³/mol. The SMILES string of the molecule is Cc1cc(O)ccc1C(=O)Nc1ccc(N)cc1F. The Bertz CT molecular complexity index is 641. The van der Waals surface area contributed by atoms with E-state index in [-0.39, 0.29) is 17.1 Å². The highest BCUT2D eigenvalue weighted by atomic mass is 19.1. The van der Waals surface area contributed by atoms with E-state index in [1.54, 1.807) is 6.92 Å². The molecule has 5 heteroatoms. The van der Waals surface area contributed by atoms with E-state index >= 15 is 0 Å². The lowest BCUT2D eigenvalue weighted by Gasteiger charge is -2.09. The minimum Gasteiger partial charge on any atom is -0.508 e. The first-order valence-electron chi connectivity index (χ1n) is 5.63. The van der Waals surface area contributed by atoms with Crippen LogP contribution in [0, 0.1) is 12.7 Å². The monoisotopic (exact) mass is 260 g/mol. The molecule has 98 valence electrons. The highest BCUT2D eigenvalue weighted by Crippen LogP contribution is 2.20. The number of carbonyl (C=O) groups excluding carboxylic acids is 1. The van der Waals surface area contributed by atoms with Crippen LogP contribution in [0.4, 0.5) is 15.8 Å². The summed E-state index contributed by atoms with van der Waals surface area (Å²) >= 11 is 0. The lowest BCUT2D eigenvalue weighted by Crippen LogP contribution is -2.14. The fourth-order valence-electron chi connectivity index (χ4n) is 1.72. The minimum atomic E-state index is -0.593. The van der Waals surface area contributed by atoms with Gasteiger partial charge in [-0.15, -0.1) is 0 Å². The summed E-state index contributed by atoms with van der Waals surface area (Å²) < 4.78 is 13.6. The van der Waals surface area contributed by atoms with Gasteiger partial charge < -0.3 is 16.2 Å². The molecule has 1 amide bonds. The van der Waals surface area contributed by atoms with E-state index in [2.05, 4.69) is 5.32 Å². The molecule has 0 atom stereocenters. The van der Waals surface area contributed by atoms with Crippen LogP contribution in [0.5, 0.6) is 5.75 Å². The second-order valence-electron chi connectivity index (χ2n) is 4.19. The van der Waals surface area contributed by atoms with Gasteiger partial charge in [0, 0.05) is 11.3 Å². The van der Waals surface area contributed by atoms with Gasteiger partial charge in [-0.05, 0) is 48.9 Å². The Labute approximate surface area is 109 Å². The molecule has 0 radical (unpaired) electrons. The summed E-state index contributed by atoms with van der Waals surface area (Å²) in [6.07, 6.45) is 0. The molecule has 19 heavy (non-hydrogen) atoms. The summed E-state index contributed by atoms with van der Waals surface area (Å²) in [7, 11) is 0. The molecule has 2 aromatic carbocycles. The molecular formula is C14H13FN2O2. The van der Waals surface area contributed by atoms with Gasteiger partial charge in [-0.2, -0.15) is 0 Å². The van der Waals surface area contributed by atoms with Gasteiger partial charge in [-0.1, -0.05) is 0 Å². The number of nitrogen functional groups attached to an aromatic ring is 1. The zero-order valence-corrected chi connectivity index (χ0v) is 10.3. The molecule has 0 bridgehead atoms. The molecule has 0 aliphatic rings. The van der Waals surface area contributed by atoms with Gasteiger partial charge in [0.1, 0.15) is 11.6 Å². The number of halogens is 1. The van der Waals surface area contributed by atoms with E-state index in [0.29, 0.717) is 11.1 Å². The van der Waals surface area contributed by atoms with Crippen LogP contribution in [0.15, 0.2) is 36.4 Å². The molecule has 2 rings (SSSR count). The second-order valence-corrected chi connectivity index (χ2v) is 4.19. The van der Waals surface area contributed by atoms with Crippen molar-refractivity contribution in [1.82, 2.24) is 0 Å². The van der Waals surface area contributed by atoms with Crippen molar-refractivity contribution in [1.29, 1.82) is 0 Å². The average Bonchev–Trinajstić information content (AvgIpc) is 2.32. The number of carbonyl (C=O) groups is 1. The number of hydrogen-bond donors (Lipinski definition) is 3. The Hall–Kier alpha value is -2.56. The first-order valence-corrected chi connectivity index (χ1v) is 5.63. The molecule has 0 spiro atoms. The van der Waals surface area contributed by atoms with Gasteiger partial charge in [0.05, 0.1) is 5.69 Å². The smallest absolute Gasteiger partial charge is 0.256 e. The Morgan fingerprint density at radius 3 is 2.63 bits per heavy atom. The summed E-state index contributed by atoms with van der Waals surface area (Å²) in [6.45, 7) is 1.69. The van der Waals surface area contributed by atoms with Crippen molar-refractivity contribution in [2.75, 3.05) is 11.1 Å². The standard InChI is InChI=1S/C14H13FN2O2/c1-8-6-10(18)3-4-11(8)14(19)17-13-5-2-9(16)7-12(13)15/h2-7,18H,16H2,1H3,(H,17,19). The number of phenols is 1. The molecule has 4 nitrogen and oxygen atoms in total. The number of aromatic hydroxyl groups is 1. The molecule has 0 heterocycles. The molecule has 0 aliphatic heterocycles. The maximum absolute atomic E-state index is 13.6. The topological polar surface area (TPSA) is 75.3 Å². The molecule has 0 fully saturated rings. The van der Waals surface area contributed by atoms with Crippen molar-refractivity contribution in [3.63, 3.8) is 0 Å². The predicted octanol–water partition coefficient (Wildman–Crippen LogP) is 2.67. The molecule has 0 unspecified atom stereocenters. The highest BCUT2D eigenvalue weighted by molar-refractivity contribution is 6.05. The Morgan fingerprint density at radius 1 is 1.26 bits per heavy atom. The van der Waals surface area contributed by atoms with Crippen molar-refractivity contribution < 1.29 is 14.3 Å². The van der Waals surface area contributed by atoms with E-state index in [4.69, 9.17) is 5.73 Å². The Balaban J connectivity index is 2.25. The second kappa shape index (κ2) is 4.97. The van der Waals surface area contributed by atoms with E-state index in [1.165, 1.54) is 30.3 Å².